The first kappa shape index (κ1) is 21.5. The van der Waals surface area contributed by atoms with E-state index in [1.54, 1.807) is 6.92 Å². The smallest absolute Gasteiger partial charge is 0.396 e. The van der Waals surface area contributed by atoms with Gasteiger partial charge in [0, 0.05) is 5.92 Å². The topological polar surface area (TPSA) is 186 Å². The van der Waals surface area contributed by atoms with Crippen LogP contribution in [0.5, 0.6) is 0 Å². The second-order valence-electron chi connectivity index (χ2n) is 5.03. The molecule has 0 saturated carbocycles. The van der Waals surface area contributed by atoms with Crippen LogP contribution in [-0.2, 0) is 19.4 Å². The summed E-state index contributed by atoms with van der Waals surface area (Å²) in [5.74, 6) is -0.691. The lowest BCUT2D eigenvalue weighted by Crippen LogP contribution is -2.57. The average Bonchev–Trinajstić information content (AvgIpc) is 2.52. The molecule has 6 unspecified atom stereocenters. The highest BCUT2D eigenvalue weighted by atomic mass is 32.3. The Morgan fingerprint density at radius 1 is 1.25 bits per heavy atom. The van der Waals surface area contributed by atoms with E-state index in [1.165, 1.54) is 0 Å². The molecule has 0 bridgehead atoms. The van der Waals surface area contributed by atoms with Gasteiger partial charge in [0.05, 0.1) is 13.2 Å². The van der Waals surface area contributed by atoms with Gasteiger partial charge < -0.3 is 30.3 Å². The maximum atomic E-state index is 10.7. The molecule has 0 aromatic heterocycles. The van der Waals surface area contributed by atoms with E-state index in [-0.39, 0.29) is 5.04 Å². The Bertz CT molecular complexity index is 521. The largest absolute Gasteiger partial charge is 0.466 e. The number of hydrogen-bond donors (Lipinski definition) is 6. The van der Waals surface area contributed by atoms with Gasteiger partial charge in [-0.15, -0.1) is 0 Å². The number of nitrogens with zero attached hydrogens (tertiary/aromatic N) is 1. The van der Waals surface area contributed by atoms with Crippen LogP contribution in [0, 0.1) is 5.92 Å². The minimum absolute atomic E-state index is 0.123. The summed E-state index contributed by atoms with van der Waals surface area (Å²) in [5.41, 5.74) is -1.23. The zero-order chi connectivity index (χ0) is 18.5. The van der Waals surface area contributed by atoms with E-state index in [2.05, 4.69) is 9.44 Å². The van der Waals surface area contributed by atoms with Crippen LogP contribution >= 0.6 is 11.8 Å². The Balaban J connectivity index is 2.99. The maximum absolute atomic E-state index is 10.7. The maximum Gasteiger partial charge on any atom is 0.466 e. The van der Waals surface area contributed by atoms with Gasteiger partial charge >= 0.3 is 10.4 Å². The molecule has 0 aromatic carbocycles. The lowest BCUT2D eigenvalue weighted by Gasteiger charge is -2.39. The van der Waals surface area contributed by atoms with E-state index in [1.807, 2.05) is 0 Å². The number of thioether (sulfide) groups is 1. The van der Waals surface area contributed by atoms with Gasteiger partial charge in [-0.2, -0.15) is 8.42 Å². The lowest BCUT2D eigenvalue weighted by atomic mass is 10.0. The number of ether oxygens (including phenoxy) is 1. The van der Waals surface area contributed by atoms with Crippen LogP contribution in [0.2, 0.25) is 0 Å². The van der Waals surface area contributed by atoms with Crippen molar-refractivity contribution in [2.24, 2.45) is 11.1 Å². The van der Waals surface area contributed by atoms with Crippen LogP contribution < -0.4 is 0 Å². The number of hydrogen-bond acceptors (Lipinski definition) is 11. The fourth-order valence-corrected chi connectivity index (χ4v) is 3.41. The second kappa shape index (κ2) is 9.26. The molecule has 1 aliphatic rings. The molecule has 1 saturated heterocycles. The summed E-state index contributed by atoms with van der Waals surface area (Å²) in [5, 5.41) is 51.0. The molecule has 142 valence electrons. The van der Waals surface area contributed by atoms with Crippen molar-refractivity contribution in [3.05, 3.63) is 0 Å². The van der Waals surface area contributed by atoms with E-state index in [9.17, 15) is 28.8 Å². The van der Waals surface area contributed by atoms with Gasteiger partial charge in [0.15, 0.2) is 0 Å². The van der Waals surface area contributed by atoms with Crippen LogP contribution in [-0.4, -0.2) is 86.6 Å². The van der Waals surface area contributed by atoms with Gasteiger partial charge in [0.25, 0.3) is 0 Å². The van der Waals surface area contributed by atoms with Gasteiger partial charge in [-0.05, 0) is 6.42 Å². The van der Waals surface area contributed by atoms with E-state index >= 15 is 0 Å². The van der Waals surface area contributed by atoms with E-state index in [0.717, 1.165) is 0 Å². The molecule has 13 heteroatoms. The summed E-state index contributed by atoms with van der Waals surface area (Å²) in [7, 11) is -4.87. The Morgan fingerprint density at radius 3 is 2.33 bits per heavy atom. The van der Waals surface area contributed by atoms with Crippen molar-refractivity contribution >= 4 is 27.2 Å². The molecular weight excluding hydrogens is 370 g/mol. The van der Waals surface area contributed by atoms with Gasteiger partial charge in [0.2, 0.25) is 0 Å². The van der Waals surface area contributed by atoms with E-state index in [4.69, 9.17) is 14.4 Å². The van der Waals surface area contributed by atoms with E-state index < -0.39 is 59.4 Å². The number of aliphatic hydroxyl groups excluding tert-OH is 5. The Labute approximate surface area is 142 Å². The quantitative estimate of drug-likeness (QED) is 0.118. The van der Waals surface area contributed by atoms with Crippen LogP contribution in [0.15, 0.2) is 5.16 Å². The normalized spacial score (nSPS) is 33.3. The molecule has 6 atom stereocenters. The molecule has 24 heavy (non-hydrogen) atoms. The average molecular weight is 391 g/mol. The third-order valence-electron chi connectivity index (χ3n) is 3.37. The SMILES string of the molecule is CCC(CO)C(=NOS(=O)(=O)O)SC1OC(CO)C(O)C(O)C1O. The molecule has 1 aliphatic heterocycles. The zero-order valence-corrected chi connectivity index (χ0v) is 14.3. The molecule has 11 nitrogen and oxygen atoms in total. The van der Waals surface area contributed by atoms with Crippen LogP contribution in [0.4, 0.5) is 0 Å². The highest BCUT2D eigenvalue weighted by Crippen LogP contribution is 2.31. The highest BCUT2D eigenvalue weighted by molar-refractivity contribution is 8.14. The molecule has 1 heterocycles. The van der Waals surface area contributed by atoms with Crippen molar-refractivity contribution in [3.8, 4) is 0 Å². The fourth-order valence-electron chi connectivity index (χ4n) is 1.94. The van der Waals surface area contributed by atoms with Gasteiger partial charge in [-0.3, -0.25) is 4.55 Å². The first-order chi connectivity index (χ1) is 11.1. The molecule has 1 rings (SSSR count). The summed E-state index contributed by atoms with van der Waals surface area (Å²) in [6.45, 7) is 0.597. The molecule has 1 fully saturated rings. The first-order valence-corrected chi connectivity index (χ1v) is 9.21. The predicted octanol–water partition coefficient (Wildman–Crippen LogP) is -2.33. The second-order valence-corrected chi connectivity index (χ2v) is 7.16. The summed E-state index contributed by atoms with van der Waals surface area (Å²) in [6.07, 6.45) is -5.59. The predicted molar refractivity (Wildman–Crippen MR) is 82.3 cm³/mol. The number of oxime groups is 1. The van der Waals surface area contributed by atoms with Gasteiger partial charge in [-0.1, -0.05) is 23.8 Å². The van der Waals surface area contributed by atoms with Gasteiger partial charge in [-0.25, -0.2) is 4.28 Å². The molecule has 0 aliphatic carbocycles. The first-order valence-electron chi connectivity index (χ1n) is 6.96. The monoisotopic (exact) mass is 391 g/mol. The molecule has 0 radical (unpaired) electrons. The molecule has 6 N–H and O–H groups in total. The van der Waals surface area contributed by atoms with Crippen LogP contribution in [0.3, 0.4) is 0 Å². The van der Waals surface area contributed by atoms with Crippen molar-refractivity contribution in [1.82, 2.24) is 0 Å². The van der Waals surface area contributed by atoms with Crippen molar-refractivity contribution in [1.29, 1.82) is 0 Å². The molecular formula is C11H21NO10S2. The molecule has 0 spiro atoms. The van der Waals surface area contributed by atoms with Crippen molar-refractivity contribution in [3.63, 3.8) is 0 Å². The zero-order valence-electron chi connectivity index (χ0n) is 12.7. The highest BCUT2D eigenvalue weighted by Gasteiger charge is 2.44. The Morgan fingerprint density at radius 2 is 1.88 bits per heavy atom. The summed E-state index contributed by atoms with van der Waals surface area (Å²) in [6, 6.07) is 0. The third-order valence-corrected chi connectivity index (χ3v) is 4.90. The number of aliphatic hydroxyl groups is 5. The Kier molecular flexibility index (Phi) is 8.31. The summed E-state index contributed by atoms with van der Waals surface area (Å²) >= 11 is 0.632. The van der Waals surface area contributed by atoms with E-state index in [0.29, 0.717) is 18.2 Å². The minimum Gasteiger partial charge on any atom is -0.396 e. The molecule has 0 amide bonds. The fraction of sp³-hybridized carbons (Fsp3) is 0.909. The summed E-state index contributed by atoms with van der Waals surface area (Å²) < 4.78 is 39.1. The number of rotatable bonds is 7. The van der Waals surface area contributed by atoms with Gasteiger partial charge in [0.1, 0.15) is 34.9 Å². The van der Waals surface area contributed by atoms with Crippen molar-refractivity contribution in [2.45, 2.75) is 43.2 Å². The van der Waals surface area contributed by atoms with Crippen LogP contribution in [0.25, 0.3) is 0 Å². The standard InChI is InChI=1S/C11H21NO10S2/c1-2-5(3-13)10(12-22-24(18,19)20)23-11-9(17)8(16)7(15)6(4-14)21-11/h5-9,11,13-17H,2-4H2,1H3,(H,18,19,20). The molecule has 0 aromatic rings. The summed E-state index contributed by atoms with van der Waals surface area (Å²) in [4.78, 5) is 0. The van der Waals surface area contributed by atoms with Crippen LogP contribution in [0.1, 0.15) is 13.3 Å². The third kappa shape index (κ3) is 5.79. The Hall–Kier alpha value is -0.510. The lowest BCUT2D eigenvalue weighted by molar-refractivity contribution is -0.205. The van der Waals surface area contributed by atoms with Crippen molar-refractivity contribution in [2.75, 3.05) is 13.2 Å². The minimum atomic E-state index is -4.87. The van der Waals surface area contributed by atoms with Crippen molar-refractivity contribution < 1.29 is 47.5 Å².